The number of amides is 1. The minimum Gasteiger partial charge on any atom is -0.324 e. The maximum absolute atomic E-state index is 11.9. The molecular formula is C12H16N2OS. The van der Waals surface area contributed by atoms with Crippen LogP contribution in [0.15, 0.2) is 18.2 Å². The summed E-state index contributed by atoms with van der Waals surface area (Å²) in [4.78, 5) is 11.9. The summed E-state index contributed by atoms with van der Waals surface area (Å²) in [5, 5.41) is 6.12. The Hall–Kier alpha value is -1.00. The zero-order valence-corrected chi connectivity index (χ0v) is 10.4. The Bertz CT molecular complexity index is 400. The van der Waals surface area contributed by atoms with Crippen LogP contribution in [0.4, 0.5) is 5.69 Å². The molecule has 1 heterocycles. The largest absolute Gasteiger partial charge is 0.324 e. The summed E-state index contributed by atoms with van der Waals surface area (Å²) in [7, 11) is 0. The lowest BCUT2D eigenvalue weighted by molar-refractivity contribution is -0.117. The Morgan fingerprint density at radius 2 is 2.31 bits per heavy atom. The predicted molar refractivity (Wildman–Crippen MR) is 68.8 cm³/mol. The third-order valence-electron chi connectivity index (χ3n) is 2.67. The van der Waals surface area contributed by atoms with Gasteiger partial charge in [-0.05, 0) is 25.5 Å². The van der Waals surface area contributed by atoms with Crippen molar-refractivity contribution in [2.45, 2.75) is 19.9 Å². The van der Waals surface area contributed by atoms with Crippen LogP contribution in [0.1, 0.15) is 11.1 Å². The maximum Gasteiger partial charge on any atom is 0.242 e. The van der Waals surface area contributed by atoms with E-state index < -0.39 is 0 Å². The van der Waals surface area contributed by atoms with Gasteiger partial charge < -0.3 is 5.32 Å². The minimum absolute atomic E-state index is 0.0503. The summed E-state index contributed by atoms with van der Waals surface area (Å²) in [5.74, 6) is 1.79. The van der Waals surface area contributed by atoms with Crippen molar-refractivity contribution in [3.8, 4) is 0 Å². The van der Waals surface area contributed by atoms with Gasteiger partial charge in [0, 0.05) is 17.3 Å². The van der Waals surface area contributed by atoms with E-state index in [4.69, 9.17) is 0 Å². The summed E-state index contributed by atoms with van der Waals surface area (Å²) in [6.45, 7) is 4.06. The molecule has 0 spiro atoms. The highest BCUT2D eigenvalue weighted by atomic mass is 32.2. The summed E-state index contributed by atoms with van der Waals surface area (Å²) < 4.78 is 0. The molecule has 3 nitrogen and oxygen atoms in total. The van der Waals surface area contributed by atoms with Gasteiger partial charge in [-0.3, -0.25) is 10.1 Å². The van der Waals surface area contributed by atoms with Crippen molar-refractivity contribution in [1.82, 2.24) is 5.32 Å². The van der Waals surface area contributed by atoms with Crippen LogP contribution in [0.3, 0.4) is 0 Å². The number of aryl methyl sites for hydroxylation is 2. The number of rotatable bonds is 2. The monoisotopic (exact) mass is 236 g/mol. The van der Waals surface area contributed by atoms with Crippen LogP contribution in [0.5, 0.6) is 0 Å². The first-order valence-corrected chi connectivity index (χ1v) is 6.51. The Morgan fingerprint density at radius 3 is 2.94 bits per heavy atom. The van der Waals surface area contributed by atoms with Crippen molar-refractivity contribution in [1.29, 1.82) is 0 Å². The lowest BCUT2D eigenvalue weighted by Gasteiger charge is -2.12. The van der Waals surface area contributed by atoms with E-state index in [0.717, 1.165) is 22.9 Å². The fourth-order valence-corrected chi connectivity index (χ4v) is 2.68. The topological polar surface area (TPSA) is 41.1 Å². The van der Waals surface area contributed by atoms with Crippen molar-refractivity contribution in [2.75, 3.05) is 16.9 Å². The molecule has 1 aliphatic heterocycles. The highest BCUT2D eigenvalue weighted by molar-refractivity contribution is 7.99. The third kappa shape index (κ3) is 2.57. The Labute approximate surface area is 100.0 Å². The maximum atomic E-state index is 11.9. The SMILES string of the molecule is Cc1ccc(NC(=O)[C@H]2CSCN2)c(C)c1. The molecule has 1 atom stereocenters. The molecule has 1 fully saturated rings. The van der Waals surface area contributed by atoms with Gasteiger partial charge in [-0.1, -0.05) is 17.7 Å². The molecule has 1 aliphatic rings. The number of benzene rings is 1. The van der Waals surface area contributed by atoms with E-state index in [2.05, 4.69) is 16.7 Å². The number of hydrogen-bond donors (Lipinski definition) is 2. The summed E-state index contributed by atoms with van der Waals surface area (Å²) in [5.41, 5.74) is 3.23. The second kappa shape index (κ2) is 4.89. The zero-order valence-electron chi connectivity index (χ0n) is 9.54. The van der Waals surface area contributed by atoms with Crippen molar-refractivity contribution >= 4 is 23.4 Å². The fourth-order valence-electron chi connectivity index (χ4n) is 1.74. The molecule has 0 saturated carbocycles. The van der Waals surface area contributed by atoms with Crippen LogP contribution in [-0.4, -0.2) is 23.6 Å². The summed E-state index contributed by atoms with van der Waals surface area (Å²) >= 11 is 1.76. The molecular weight excluding hydrogens is 220 g/mol. The third-order valence-corrected chi connectivity index (χ3v) is 3.61. The molecule has 1 aromatic rings. The molecule has 0 aliphatic carbocycles. The molecule has 1 amide bonds. The highest BCUT2D eigenvalue weighted by Gasteiger charge is 2.22. The normalized spacial score (nSPS) is 19.8. The Kier molecular flexibility index (Phi) is 3.51. The van der Waals surface area contributed by atoms with Crippen molar-refractivity contribution in [3.05, 3.63) is 29.3 Å². The van der Waals surface area contributed by atoms with Crippen LogP contribution in [0.2, 0.25) is 0 Å². The Balaban J connectivity index is 2.05. The van der Waals surface area contributed by atoms with Gasteiger partial charge in [0.25, 0.3) is 0 Å². The summed E-state index contributed by atoms with van der Waals surface area (Å²) in [6, 6.07) is 6.00. The van der Waals surface area contributed by atoms with Crippen LogP contribution in [0, 0.1) is 13.8 Å². The fraction of sp³-hybridized carbons (Fsp3) is 0.417. The van der Waals surface area contributed by atoms with Gasteiger partial charge in [0.1, 0.15) is 0 Å². The molecule has 86 valence electrons. The molecule has 0 radical (unpaired) electrons. The minimum atomic E-state index is -0.0503. The van der Waals surface area contributed by atoms with Crippen molar-refractivity contribution in [3.63, 3.8) is 0 Å². The average Bonchev–Trinajstić information content (AvgIpc) is 2.75. The quantitative estimate of drug-likeness (QED) is 0.824. The van der Waals surface area contributed by atoms with Gasteiger partial charge in [0.2, 0.25) is 5.91 Å². The van der Waals surface area contributed by atoms with E-state index in [1.54, 1.807) is 11.8 Å². The second-order valence-electron chi connectivity index (χ2n) is 4.08. The number of hydrogen-bond acceptors (Lipinski definition) is 3. The molecule has 0 unspecified atom stereocenters. The van der Waals surface area contributed by atoms with Gasteiger partial charge in [-0.15, -0.1) is 11.8 Å². The van der Waals surface area contributed by atoms with Gasteiger partial charge >= 0.3 is 0 Å². The zero-order chi connectivity index (χ0) is 11.5. The molecule has 2 N–H and O–H groups in total. The number of thioether (sulfide) groups is 1. The average molecular weight is 236 g/mol. The molecule has 0 bridgehead atoms. The van der Waals surface area contributed by atoms with E-state index >= 15 is 0 Å². The Morgan fingerprint density at radius 1 is 1.50 bits per heavy atom. The van der Waals surface area contributed by atoms with E-state index in [-0.39, 0.29) is 11.9 Å². The van der Waals surface area contributed by atoms with Crippen LogP contribution < -0.4 is 10.6 Å². The van der Waals surface area contributed by atoms with E-state index in [1.807, 2.05) is 26.0 Å². The van der Waals surface area contributed by atoms with E-state index in [1.165, 1.54) is 5.56 Å². The summed E-state index contributed by atoms with van der Waals surface area (Å²) in [6.07, 6.45) is 0. The van der Waals surface area contributed by atoms with Crippen molar-refractivity contribution in [2.24, 2.45) is 0 Å². The van der Waals surface area contributed by atoms with Gasteiger partial charge in [0.15, 0.2) is 0 Å². The molecule has 0 aromatic heterocycles. The van der Waals surface area contributed by atoms with Gasteiger partial charge in [-0.25, -0.2) is 0 Å². The van der Waals surface area contributed by atoms with Crippen molar-refractivity contribution < 1.29 is 4.79 Å². The number of carbonyl (C=O) groups is 1. The van der Waals surface area contributed by atoms with Crippen LogP contribution in [0.25, 0.3) is 0 Å². The predicted octanol–water partition coefficient (Wildman–Crippen LogP) is 1.90. The molecule has 16 heavy (non-hydrogen) atoms. The molecule has 1 aromatic carbocycles. The van der Waals surface area contributed by atoms with Gasteiger partial charge in [0.05, 0.1) is 6.04 Å². The van der Waals surface area contributed by atoms with E-state index in [9.17, 15) is 4.79 Å². The number of nitrogens with one attached hydrogen (secondary N) is 2. The van der Waals surface area contributed by atoms with E-state index in [0.29, 0.717) is 0 Å². The standard InChI is InChI=1S/C12H16N2OS/c1-8-3-4-10(9(2)5-8)14-12(15)11-6-16-7-13-11/h3-5,11,13H,6-7H2,1-2H3,(H,14,15)/t11-/m1/s1. The van der Waals surface area contributed by atoms with Gasteiger partial charge in [-0.2, -0.15) is 0 Å². The lowest BCUT2D eigenvalue weighted by atomic mass is 10.1. The first-order valence-electron chi connectivity index (χ1n) is 5.36. The van der Waals surface area contributed by atoms with Crippen LogP contribution in [-0.2, 0) is 4.79 Å². The van der Waals surface area contributed by atoms with Crippen LogP contribution >= 0.6 is 11.8 Å². The smallest absolute Gasteiger partial charge is 0.242 e. The second-order valence-corrected chi connectivity index (χ2v) is 5.11. The molecule has 2 rings (SSSR count). The first kappa shape index (κ1) is 11.5. The number of carbonyl (C=O) groups excluding carboxylic acids is 1. The highest BCUT2D eigenvalue weighted by Crippen LogP contribution is 2.17. The number of anilines is 1. The lowest BCUT2D eigenvalue weighted by Crippen LogP contribution is -2.37. The first-order chi connectivity index (χ1) is 7.66. The molecule has 4 heteroatoms. The molecule has 1 saturated heterocycles.